The molecule has 2 N–H and O–H groups in total. The molecule has 0 saturated carbocycles. The highest BCUT2D eigenvalue weighted by atomic mass is 35.5. The summed E-state index contributed by atoms with van der Waals surface area (Å²) >= 11 is 5.62. The summed E-state index contributed by atoms with van der Waals surface area (Å²) in [6, 6.07) is 0. The van der Waals surface area contributed by atoms with Gasteiger partial charge in [-0.2, -0.15) is 0 Å². The first-order valence-electron chi connectivity index (χ1n) is 10.4. The van der Waals surface area contributed by atoms with Crippen LogP contribution in [0.4, 0.5) is 4.79 Å². The first-order valence-corrected chi connectivity index (χ1v) is 10.9. The topological polar surface area (TPSA) is 58.6 Å². The van der Waals surface area contributed by atoms with E-state index in [4.69, 9.17) is 16.3 Å². The van der Waals surface area contributed by atoms with Crippen molar-refractivity contribution in [1.82, 2.24) is 5.32 Å². The van der Waals surface area contributed by atoms with Crippen LogP contribution in [0.25, 0.3) is 0 Å². The van der Waals surface area contributed by atoms with E-state index in [0.29, 0.717) is 30.7 Å². The third-order valence-electron chi connectivity index (χ3n) is 5.17. The zero-order valence-electron chi connectivity index (χ0n) is 18.1. The molecule has 0 spiro atoms. The molecule has 1 aliphatic carbocycles. The van der Waals surface area contributed by atoms with Crippen molar-refractivity contribution in [2.75, 3.05) is 12.4 Å². The lowest BCUT2D eigenvalue weighted by Gasteiger charge is -2.26. The Morgan fingerprint density at radius 2 is 2.07 bits per heavy atom. The number of halogens is 1. The Kier molecular flexibility index (Phi) is 10.9. The second-order valence-electron chi connectivity index (χ2n) is 8.53. The number of nitrogens with one attached hydrogen (secondary N) is 1. The van der Waals surface area contributed by atoms with Gasteiger partial charge in [-0.05, 0) is 64.4 Å². The highest BCUT2D eigenvalue weighted by Gasteiger charge is 2.25. The lowest BCUT2D eigenvalue weighted by atomic mass is 9.86. The molecule has 0 aromatic carbocycles. The van der Waals surface area contributed by atoms with Gasteiger partial charge in [-0.3, -0.25) is 0 Å². The predicted octanol–water partition coefficient (Wildman–Crippen LogP) is 5.76. The molecule has 0 heterocycles. The van der Waals surface area contributed by atoms with Crippen molar-refractivity contribution in [3.63, 3.8) is 0 Å². The van der Waals surface area contributed by atoms with Crippen LogP contribution in [0, 0.1) is 11.8 Å². The quantitative estimate of drug-likeness (QED) is 0.457. The molecule has 28 heavy (non-hydrogen) atoms. The van der Waals surface area contributed by atoms with Crippen molar-refractivity contribution in [2.45, 2.75) is 78.4 Å². The summed E-state index contributed by atoms with van der Waals surface area (Å²) in [6.07, 6.45) is 11.6. The number of hydrogen-bond acceptors (Lipinski definition) is 3. The molecule has 1 aliphatic rings. The number of allylic oxidation sites excluding steroid dienone is 4. The number of alkyl halides is 1. The van der Waals surface area contributed by atoms with Crippen molar-refractivity contribution >= 4 is 17.7 Å². The summed E-state index contributed by atoms with van der Waals surface area (Å²) in [6.45, 7) is 10.8. The standard InChI is InChI=1S/C23H38ClNO3/c1-17(2)20-10-9-18(3)7-6-8-19(4)15-21(16-23(5,27)12-11-20)28-22(26)25-14-13-24/h7,11-12,15,17,20-21,27H,6,8-10,13-14,16H2,1-5H3,(H,25,26)/b12-11+,18-7+,19-15+/t20-,21+,23+/m1/s1. The van der Waals surface area contributed by atoms with E-state index < -0.39 is 17.8 Å². The van der Waals surface area contributed by atoms with Gasteiger partial charge in [0.15, 0.2) is 0 Å². The summed E-state index contributed by atoms with van der Waals surface area (Å²) in [5.74, 6) is 1.24. The second kappa shape index (κ2) is 12.3. The van der Waals surface area contributed by atoms with Gasteiger partial charge in [-0.15, -0.1) is 11.6 Å². The maximum absolute atomic E-state index is 12.0. The number of hydrogen-bond donors (Lipinski definition) is 2. The van der Waals surface area contributed by atoms with Gasteiger partial charge in [0.2, 0.25) is 0 Å². The van der Waals surface area contributed by atoms with E-state index in [9.17, 15) is 9.90 Å². The lowest BCUT2D eigenvalue weighted by Crippen LogP contribution is -2.34. The van der Waals surface area contributed by atoms with E-state index in [1.165, 1.54) is 5.57 Å². The van der Waals surface area contributed by atoms with Crippen LogP contribution in [-0.2, 0) is 4.74 Å². The van der Waals surface area contributed by atoms with Gasteiger partial charge in [0.25, 0.3) is 0 Å². The van der Waals surface area contributed by atoms with E-state index in [-0.39, 0.29) is 0 Å². The fourth-order valence-corrected chi connectivity index (χ4v) is 3.46. The van der Waals surface area contributed by atoms with Gasteiger partial charge in [0.05, 0.1) is 5.60 Å². The molecule has 0 bridgehead atoms. The highest BCUT2D eigenvalue weighted by Crippen LogP contribution is 2.26. The number of carbonyl (C=O) groups is 1. The molecule has 1 amide bonds. The SMILES string of the molecule is C/C1=C\[C@H](OC(=O)NCCCl)C[C@@](C)(O)/C=C/[C@H](C(C)C)CC/C(C)=C/CC1. The van der Waals surface area contributed by atoms with Crippen LogP contribution in [0.15, 0.2) is 35.5 Å². The van der Waals surface area contributed by atoms with E-state index in [1.54, 1.807) is 6.92 Å². The molecular formula is C23H38ClNO3. The molecule has 0 fully saturated rings. The first kappa shape index (κ1) is 24.8. The van der Waals surface area contributed by atoms with E-state index in [0.717, 1.165) is 31.3 Å². The molecule has 0 aromatic heterocycles. The Bertz CT molecular complexity index is 578. The third-order valence-corrected chi connectivity index (χ3v) is 5.36. The van der Waals surface area contributed by atoms with Crippen molar-refractivity contribution in [3.8, 4) is 0 Å². The van der Waals surface area contributed by atoms with E-state index in [2.05, 4.69) is 38.2 Å². The average molecular weight is 412 g/mol. The smallest absolute Gasteiger partial charge is 0.407 e. The van der Waals surface area contributed by atoms with Crippen LogP contribution in [0.5, 0.6) is 0 Å². The summed E-state index contributed by atoms with van der Waals surface area (Å²) in [5.41, 5.74) is 1.50. The third kappa shape index (κ3) is 10.3. The maximum atomic E-state index is 12.0. The summed E-state index contributed by atoms with van der Waals surface area (Å²) in [7, 11) is 0. The first-order chi connectivity index (χ1) is 13.1. The summed E-state index contributed by atoms with van der Waals surface area (Å²) in [4.78, 5) is 12.0. The number of rotatable bonds is 4. The van der Waals surface area contributed by atoms with Crippen molar-refractivity contribution in [3.05, 3.63) is 35.5 Å². The maximum Gasteiger partial charge on any atom is 0.407 e. The van der Waals surface area contributed by atoms with Gasteiger partial charge in [-0.25, -0.2) is 4.79 Å². The van der Waals surface area contributed by atoms with Gasteiger partial charge >= 0.3 is 6.09 Å². The number of ether oxygens (including phenoxy) is 1. The lowest BCUT2D eigenvalue weighted by molar-refractivity contribution is 0.0430. The molecule has 0 aliphatic heterocycles. The number of amides is 1. The molecule has 0 aromatic rings. The monoisotopic (exact) mass is 411 g/mol. The van der Waals surface area contributed by atoms with Crippen LogP contribution in [0.2, 0.25) is 0 Å². The fraction of sp³-hybridized carbons (Fsp3) is 0.696. The van der Waals surface area contributed by atoms with Gasteiger partial charge in [0, 0.05) is 18.8 Å². The van der Waals surface area contributed by atoms with Crippen LogP contribution in [0.1, 0.15) is 66.7 Å². The van der Waals surface area contributed by atoms with E-state index >= 15 is 0 Å². The molecule has 0 unspecified atom stereocenters. The average Bonchev–Trinajstić information content (AvgIpc) is 2.58. The minimum absolute atomic E-state index is 0.314. The van der Waals surface area contributed by atoms with Crippen molar-refractivity contribution < 1.29 is 14.6 Å². The Balaban J connectivity index is 3.06. The number of carbonyl (C=O) groups excluding carboxylic acids is 1. The molecule has 160 valence electrons. The Morgan fingerprint density at radius 3 is 2.71 bits per heavy atom. The van der Waals surface area contributed by atoms with Gasteiger partial charge in [-0.1, -0.05) is 43.2 Å². The molecular weight excluding hydrogens is 374 g/mol. The summed E-state index contributed by atoms with van der Waals surface area (Å²) in [5, 5.41) is 13.5. The molecule has 0 saturated heterocycles. The van der Waals surface area contributed by atoms with Crippen molar-refractivity contribution in [2.24, 2.45) is 11.8 Å². The minimum atomic E-state index is -1.06. The molecule has 0 radical (unpaired) electrons. The zero-order valence-corrected chi connectivity index (χ0v) is 18.9. The second-order valence-corrected chi connectivity index (χ2v) is 8.91. The molecule has 3 atom stereocenters. The van der Waals surface area contributed by atoms with Crippen LogP contribution in [-0.4, -0.2) is 35.3 Å². The molecule has 5 heteroatoms. The van der Waals surface area contributed by atoms with Gasteiger partial charge in [0.1, 0.15) is 6.10 Å². The Labute approximate surface area is 176 Å². The largest absolute Gasteiger partial charge is 0.442 e. The molecule has 1 rings (SSSR count). The Hall–Kier alpha value is -1.26. The molecule has 4 nitrogen and oxygen atoms in total. The minimum Gasteiger partial charge on any atom is -0.442 e. The normalized spacial score (nSPS) is 32.4. The van der Waals surface area contributed by atoms with Gasteiger partial charge < -0.3 is 15.2 Å². The van der Waals surface area contributed by atoms with Crippen molar-refractivity contribution in [1.29, 1.82) is 0 Å². The zero-order chi connectivity index (χ0) is 21.2. The predicted molar refractivity (Wildman–Crippen MR) is 118 cm³/mol. The fourth-order valence-electron chi connectivity index (χ4n) is 3.36. The van der Waals surface area contributed by atoms with E-state index in [1.807, 2.05) is 19.1 Å². The number of alkyl carbamates (subject to hydrolysis) is 1. The Morgan fingerprint density at radius 1 is 1.36 bits per heavy atom. The highest BCUT2D eigenvalue weighted by molar-refractivity contribution is 6.18. The van der Waals surface area contributed by atoms with Crippen LogP contribution >= 0.6 is 11.6 Å². The number of aliphatic hydroxyl groups is 1. The summed E-state index contributed by atoms with van der Waals surface area (Å²) < 4.78 is 5.56. The van der Waals surface area contributed by atoms with Crippen LogP contribution < -0.4 is 5.32 Å². The van der Waals surface area contributed by atoms with Crippen LogP contribution in [0.3, 0.4) is 0 Å².